The highest BCUT2D eigenvalue weighted by atomic mass is 16.5. The Hall–Kier alpha value is -2.64. The third kappa shape index (κ3) is 3.74. The SMILES string of the molecule is Cc1ccc2[nH]nc(C(=O)NCC(c3ccc(C)o3)N3CCOCC3)c2c1. The maximum Gasteiger partial charge on any atom is 0.272 e. The summed E-state index contributed by atoms with van der Waals surface area (Å²) in [6.45, 7) is 7.38. The summed E-state index contributed by atoms with van der Waals surface area (Å²) in [5, 5.41) is 11.0. The Labute approximate surface area is 157 Å². The summed E-state index contributed by atoms with van der Waals surface area (Å²) >= 11 is 0. The zero-order valence-corrected chi connectivity index (χ0v) is 15.6. The van der Waals surface area contributed by atoms with Crippen molar-refractivity contribution in [3.8, 4) is 0 Å². The van der Waals surface area contributed by atoms with E-state index in [-0.39, 0.29) is 11.9 Å². The van der Waals surface area contributed by atoms with Gasteiger partial charge in [-0.15, -0.1) is 0 Å². The van der Waals surface area contributed by atoms with E-state index in [1.165, 1.54) is 0 Å². The standard InChI is InChI=1S/C20H24N4O3/c1-13-3-5-16-15(11-13)19(23-22-16)20(25)21-12-17(18-6-4-14(2)27-18)24-7-9-26-10-8-24/h3-6,11,17H,7-10,12H2,1-2H3,(H,21,25)(H,22,23). The van der Waals surface area contributed by atoms with Crippen LogP contribution in [0.25, 0.3) is 10.9 Å². The molecule has 1 aromatic carbocycles. The normalized spacial score (nSPS) is 16.5. The quantitative estimate of drug-likeness (QED) is 0.723. The minimum absolute atomic E-state index is 0.0292. The number of carbonyl (C=O) groups is 1. The number of carbonyl (C=O) groups excluding carboxylic acids is 1. The van der Waals surface area contributed by atoms with Crippen molar-refractivity contribution in [2.75, 3.05) is 32.8 Å². The molecule has 3 heterocycles. The molecule has 2 aromatic heterocycles. The summed E-state index contributed by atoms with van der Waals surface area (Å²) in [4.78, 5) is 15.1. The number of hydrogen-bond donors (Lipinski definition) is 2. The van der Waals surface area contributed by atoms with Crippen LogP contribution in [0.1, 0.15) is 33.6 Å². The van der Waals surface area contributed by atoms with Gasteiger partial charge in [0.25, 0.3) is 5.91 Å². The number of rotatable bonds is 5. The monoisotopic (exact) mass is 368 g/mol. The Morgan fingerprint density at radius 2 is 2.07 bits per heavy atom. The number of nitrogens with one attached hydrogen (secondary N) is 2. The number of aromatic amines is 1. The zero-order valence-electron chi connectivity index (χ0n) is 15.6. The number of aryl methyl sites for hydroxylation is 2. The average Bonchev–Trinajstić information content (AvgIpc) is 3.28. The van der Waals surface area contributed by atoms with Crippen molar-refractivity contribution < 1.29 is 13.9 Å². The van der Waals surface area contributed by atoms with E-state index in [0.717, 1.165) is 41.1 Å². The summed E-state index contributed by atoms with van der Waals surface area (Å²) in [5.74, 6) is 1.54. The van der Waals surface area contributed by atoms with Crippen molar-refractivity contribution in [1.82, 2.24) is 20.4 Å². The van der Waals surface area contributed by atoms with Crippen LogP contribution in [0.5, 0.6) is 0 Å². The molecule has 1 saturated heterocycles. The third-order valence-corrected chi connectivity index (χ3v) is 4.97. The van der Waals surface area contributed by atoms with Crippen LogP contribution in [0.4, 0.5) is 0 Å². The molecule has 3 aromatic rings. The van der Waals surface area contributed by atoms with Gasteiger partial charge in [-0.1, -0.05) is 11.6 Å². The first-order chi connectivity index (χ1) is 13.1. The first kappa shape index (κ1) is 17.8. The minimum Gasteiger partial charge on any atom is -0.465 e. The average molecular weight is 368 g/mol. The second-order valence-electron chi connectivity index (χ2n) is 6.94. The van der Waals surface area contributed by atoms with Crippen LogP contribution in [-0.4, -0.2) is 53.9 Å². The third-order valence-electron chi connectivity index (χ3n) is 4.97. The predicted octanol–water partition coefficient (Wildman–Crippen LogP) is 2.58. The lowest BCUT2D eigenvalue weighted by Gasteiger charge is -2.33. The number of benzene rings is 1. The van der Waals surface area contributed by atoms with Crippen molar-refractivity contribution in [1.29, 1.82) is 0 Å². The van der Waals surface area contributed by atoms with Crippen molar-refractivity contribution >= 4 is 16.8 Å². The Balaban J connectivity index is 1.52. The molecule has 4 rings (SSSR count). The van der Waals surface area contributed by atoms with Gasteiger partial charge in [0.05, 0.1) is 24.8 Å². The first-order valence-corrected chi connectivity index (χ1v) is 9.23. The van der Waals surface area contributed by atoms with E-state index < -0.39 is 0 Å². The molecular formula is C20H24N4O3. The molecule has 0 bridgehead atoms. The van der Waals surface area contributed by atoms with E-state index in [0.29, 0.717) is 25.5 Å². The molecule has 7 nitrogen and oxygen atoms in total. The number of aromatic nitrogens is 2. The molecule has 1 aliphatic heterocycles. The van der Waals surface area contributed by atoms with E-state index in [1.54, 1.807) is 0 Å². The summed E-state index contributed by atoms with van der Waals surface area (Å²) in [6.07, 6.45) is 0. The van der Waals surface area contributed by atoms with Gasteiger partial charge < -0.3 is 14.5 Å². The van der Waals surface area contributed by atoms with Gasteiger partial charge in [-0.05, 0) is 38.1 Å². The zero-order chi connectivity index (χ0) is 18.8. The van der Waals surface area contributed by atoms with Crippen LogP contribution in [0, 0.1) is 13.8 Å². The fraction of sp³-hybridized carbons (Fsp3) is 0.400. The molecule has 0 saturated carbocycles. The second kappa shape index (κ2) is 7.54. The highest BCUT2D eigenvalue weighted by Crippen LogP contribution is 2.24. The highest BCUT2D eigenvalue weighted by Gasteiger charge is 2.26. The highest BCUT2D eigenvalue weighted by molar-refractivity contribution is 6.04. The van der Waals surface area contributed by atoms with Crippen LogP contribution in [0.15, 0.2) is 34.7 Å². The fourth-order valence-corrected chi connectivity index (χ4v) is 3.51. The Morgan fingerprint density at radius 1 is 1.26 bits per heavy atom. The maximum absolute atomic E-state index is 12.8. The molecule has 2 N–H and O–H groups in total. The molecule has 7 heteroatoms. The molecular weight excluding hydrogens is 344 g/mol. The van der Waals surface area contributed by atoms with Crippen LogP contribution < -0.4 is 5.32 Å². The van der Waals surface area contributed by atoms with Gasteiger partial charge in [0.15, 0.2) is 5.69 Å². The number of ether oxygens (including phenoxy) is 1. The van der Waals surface area contributed by atoms with Crippen LogP contribution in [-0.2, 0) is 4.74 Å². The maximum atomic E-state index is 12.8. The molecule has 1 fully saturated rings. The fourth-order valence-electron chi connectivity index (χ4n) is 3.51. The van der Waals surface area contributed by atoms with E-state index in [2.05, 4.69) is 20.4 Å². The summed E-state index contributed by atoms with van der Waals surface area (Å²) in [5.41, 5.74) is 2.37. The van der Waals surface area contributed by atoms with Gasteiger partial charge in [0.1, 0.15) is 11.5 Å². The second-order valence-corrected chi connectivity index (χ2v) is 6.94. The van der Waals surface area contributed by atoms with Gasteiger partial charge in [0, 0.05) is 25.0 Å². The molecule has 0 aliphatic carbocycles. The van der Waals surface area contributed by atoms with Gasteiger partial charge >= 0.3 is 0 Å². The number of amides is 1. The Kier molecular flexibility index (Phi) is 4.96. The Morgan fingerprint density at radius 3 is 2.81 bits per heavy atom. The lowest BCUT2D eigenvalue weighted by atomic mass is 10.1. The molecule has 1 unspecified atom stereocenters. The van der Waals surface area contributed by atoms with Gasteiger partial charge in [0.2, 0.25) is 0 Å². The smallest absolute Gasteiger partial charge is 0.272 e. The molecule has 1 atom stereocenters. The molecule has 1 aliphatic rings. The van der Waals surface area contributed by atoms with E-state index in [4.69, 9.17) is 9.15 Å². The van der Waals surface area contributed by atoms with Gasteiger partial charge in [-0.25, -0.2) is 0 Å². The molecule has 1 amide bonds. The lowest BCUT2D eigenvalue weighted by Crippen LogP contribution is -2.43. The van der Waals surface area contributed by atoms with E-state index in [1.807, 2.05) is 44.2 Å². The number of nitrogens with zero attached hydrogens (tertiary/aromatic N) is 2. The lowest BCUT2D eigenvalue weighted by molar-refractivity contribution is 0.0117. The van der Waals surface area contributed by atoms with Crippen molar-refractivity contribution in [2.45, 2.75) is 19.9 Å². The molecule has 0 radical (unpaired) electrons. The van der Waals surface area contributed by atoms with Crippen molar-refractivity contribution in [3.05, 3.63) is 53.1 Å². The van der Waals surface area contributed by atoms with Crippen molar-refractivity contribution in [3.63, 3.8) is 0 Å². The molecule has 0 spiro atoms. The van der Waals surface area contributed by atoms with Crippen LogP contribution >= 0.6 is 0 Å². The molecule has 27 heavy (non-hydrogen) atoms. The summed E-state index contributed by atoms with van der Waals surface area (Å²) < 4.78 is 11.3. The van der Waals surface area contributed by atoms with E-state index in [9.17, 15) is 4.79 Å². The summed E-state index contributed by atoms with van der Waals surface area (Å²) in [6, 6.07) is 9.82. The van der Waals surface area contributed by atoms with Crippen molar-refractivity contribution in [2.24, 2.45) is 0 Å². The first-order valence-electron chi connectivity index (χ1n) is 9.23. The minimum atomic E-state index is -0.187. The summed E-state index contributed by atoms with van der Waals surface area (Å²) in [7, 11) is 0. The number of hydrogen-bond acceptors (Lipinski definition) is 5. The topological polar surface area (TPSA) is 83.4 Å². The van der Waals surface area contributed by atoms with Gasteiger partial charge in [-0.2, -0.15) is 5.10 Å². The number of fused-ring (bicyclic) bond motifs is 1. The number of furan rings is 1. The van der Waals surface area contributed by atoms with Crippen LogP contribution in [0.2, 0.25) is 0 Å². The largest absolute Gasteiger partial charge is 0.465 e. The predicted molar refractivity (Wildman–Crippen MR) is 102 cm³/mol. The van der Waals surface area contributed by atoms with Crippen LogP contribution in [0.3, 0.4) is 0 Å². The number of morpholine rings is 1. The Bertz CT molecular complexity index is 940. The number of H-pyrrole nitrogens is 1. The van der Waals surface area contributed by atoms with E-state index >= 15 is 0 Å². The molecule has 142 valence electrons. The van der Waals surface area contributed by atoms with Gasteiger partial charge in [-0.3, -0.25) is 14.8 Å².